The number of carbonyl (C=O) groups excluding carboxylic acids is 1. The lowest BCUT2D eigenvalue weighted by atomic mass is 10.1. The minimum Gasteiger partial charge on any atom is -0.507 e. The van der Waals surface area contributed by atoms with E-state index < -0.39 is 11.7 Å². The molecule has 0 heterocycles. The zero-order valence-electron chi connectivity index (χ0n) is 10.6. The molecule has 7 heteroatoms. The van der Waals surface area contributed by atoms with Gasteiger partial charge < -0.3 is 16.2 Å². The first kappa shape index (κ1) is 15.2. The molecule has 2 aromatic rings. The highest BCUT2D eigenvalue weighted by Gasteiger charge is 2.15. The van der Waals surface area contributed by atoms with Gasteiger partial charge in [0.05, 0.1) is 11.3 Å². The maximum Gasteiger partial charge on any atom is 0.259 e. The van der Waals surface area contributed by atoms with Gasteiger partial charge in [0.1, 0.15) is 16.6 Å². The Bertz CT molecular complexity index is 737. The van der Waals surface area contributed by atoms with E-state index in [-0.39, 0.29) is 22.0 Å². The Morgan fingerprint density at radius 2 is 1.95 bits per heavy atom. The molecule has 4 N–H and O–H groups in total. The Labute approximate surface area is 130 Å². The maximum absolute atomic E-state index is 13.2. The van der Waals surface area contributed by atoms with Gasteiger partial charge in [-0.1, -0.05) is 23.8 Å². The predicted molar refractivity (Wildman–Crippen MR) is 83.4 cm³/mol. The van der Waals surface area contributed by atoms with Gasteiger partial charge in [-0.3, -0.25) is 4.79 Å². The molecule has 0 radical (unpaired) electrons. The van der Waals surface area contributed by atoms with Crippen molar-refractivity contribution in [2.75, 3.05) is 5.32 Å². The third-order valence-corrected chi connectivity index (χ3v) is 3.15. The number of hydrogen-bond acceptors (Lipinski definition) is 3. The summed E-state index contributed by atoms with van der Waals surface area (Å²) in [4.78, 5) is 12.2. The molecular weight excluding hydrogens is 315 g/mol. The summed E-state index contributed by atoms with van der Waals surface area (Å²) in [5.74, 6) is -1.68. The third kappa shape index (κ3) is 3.48. The normalized spacial score (nSPS) is 10.2. The Morgan fingerprint density at radius 1 is 1.24 bits per heavy atom. The van der Waals surface area contributed by atoms with Crippen LogP contribution in [-0.4, -0.2) is 16.0 Å². The summed E-state index contributed by atoms with van der Waals surface area (Å²) in [5.41, 5.74) is 6.05. The first-order valence-corrected chi connectivity index (χ1v) is 6.56. The number of hydrogen-bond donors (Lipinski definition) is 3. The number of carbonyl (C=O) groups is 1. The molecule has 0 aromatic heterocycles. The van der Waals surface area contributed by atoms with E-state index in [0.29, 0.717) is 10.6 Å². The van der Waals surface area contributed by atoms with Crippen molar-refractivity contribution in [2.45, 2.75) is 0 Å². The number of phenols is 1. The molecule has 108 valence electrons. The smallest absolute Gasteiger partial charge is 0.259 e. The fourth-order valence-electron chi connectivity index (χ4n) is 1.71. The second-order valence-electron chi connectivity index (χ2n) is 4.17. The monoisotopic (exact) mass is 324 g/mol. The molecule has 0 saturated heterocycles. The second-order valence-corrected chi connectivity index (χ2v) is 5.05. The first-order valence-electron chi connectivity index (χ1n) is 5.77. The lowest BCUT2D eigenvalue weighted by Gasteiger charge is -2.11. The average Bonchev–Trinajstić information content (AvgIpc) is 2.41. The van der Waals surface area contributed by atoms with Gasteiger partial charge in [0.2, 0.25) is 0 Å². The maximum atomic E-state index is 13.2. The summed E-state index contributed by atoms with van der Waals surface area (Å²) in [6.07, 6.45) is 0. The zero-order chi connectivity index (χ0) is 15.6. The third-order valence-electron chi connectivity index (χ3n) is 2.70. The van der Waals surface area contributed by atoms with Crippen LogP contribution < -0.4 is 11.1 Å². The van der Waals surface area contributed by atoms with Crippen LogP contribution in [0.1, 0.15) is 15.9 Å². The Morgan fingerprint density at radius 3 is 2.62 bits per heavy atom. The van der Waals surface area contributed by atoms with Crippen LogP contribution >= 0.6 is 23.8 Å². The number of halogens is 2. The van der Waals surface area contributed by atoms with Gasteiger partial charge in [0.25, 0.3) is 5.91 Å². The molecule has 0 atom stereocenters. The summed E-state index contributed by atoms with van der Waals surface area (Å²) in [7, 11) is 0. The van der Waals surface area contributed by atoms with Gasteiger partial charge in [-0.05, 0) is 36.4 Å². The minimum atomic E-state index is -0.702. The van der Waals surface area contributed by atoms with Crippen molar-refractivity contribution < 1.29 is 14.3 Å². The van der Waals surface area contributed by atoms with E-state index in [1.165, 1.54) is 6.07 Å². The van der Waals surface area contributed by atoms with Gasteiger partial charge >= 0.3 is 0 Å². The molecule has 1 amide bonds. The van der Waals surface area contributed by atoms with Crippen LogP contribution in [0.5, 0.6) is 5.75 Å². The van der Waals surface area contributed by atoms with Gasteiger partial charge in [-0.25, -0.2) is 4.39 Å². The molecule has 0 unspecified atom stereocenters. The Balaban J connectivity index is 2.38. The molecule has 0 aliphatic carbocycles. The number of phenolic OH excluding ortho intramolecular Hbond substituents is 1. The largest absolute Gasteiger partial charge is 0.507 e. The van der Waals surface area contributed by atoms with Crippen LogP contribution in [0.3, 0.4) is 0 Å². The number of nitrogens with one attached hydrogen (secondary N) is 1. The highest BCUT2D eigenvalue weighted by molar-refractivity contribution is 7.80. The van der Waals surface area contributed by atoms with Gasteiger partial charge in [-0.15, -0.1) is 0 Å². The Kier molecular flexibility index (Phi) is 4.40. The topological polar surface area (TPSA) is 75.3 Å². The van der Waals surface area contributed by atoms with Crippen LogP contribution in [0.2, 0.25) is 5.02 Å². The van der Waals surface area contributed by atoms with E-state index in [1.807, 2.05) is 0 Å². The van der Waals surface area contributed by atoms with E-state index in [1.54, 1.807) is 12.1 Å². The van der Waals surface area contributed by atoms with Crippen molar-refractivity contribution in [3.63, 3.8) is 0 Å². The quantitative estimate of drug-likeness (QED) is 0.758. The number of anilines is 1. The predicted octanol–water partition coefficient (Wildman–Crippen LogP) is 3.07. The highest BCUT2D eigenvalue weighted by atomic mass is 35.5. The number of amides is 1. The van der Waals surface area contributed by atoms with Gasteiger partial charge in [0, 0.05) is 10.6 Å². The van der Waals surface area contributed by atoms with E-state index in [4.69, 9.17) is 29.6 Å². The molecule has 21 heavy (non-hydrogen) atoms. The van der Waals surface area contributed by atoms with E-state index in [2.05, 4.69) is 5.32 Å². The van der Waals surface area contributed by atoms with Crippen molar-refractivity contribution in [2.24, 2.45) is 5.73 Å². The van der Waals surface area contributed by atoms with Crippen molar-refractivity contribution in [1.82, 2.24) is 0 Å². The number of rotatable bonds is 3. The number of nitrogens with two attached hydrogens (primary N) is 1. The van der Waals surface area contributed by atoms with Crippen LogP contribution in [-0.2, 0) is 0 Å². The van der Waals surface area contributed by atoms with E-state index in [0.717, 1.165) is 18.2 Å². The molecule has 0 aliphatic rings. The molecule has 2 aromatic carbocycles. The number of thiocarbonyl (C=S) groups is 1. The van der Waals surface area contributed by atoms with Crippen molar-refractivity contribution >= 4 is 40.4 Å². The van der Waals surface area contributed by atoms with Gasteiger partial charge in [0.15, 0.2) is 0 Å². The molecule has 0 bridgehead atoms. The molecular formula is C14H10ClFN2O2S. The molecule has 0 fully saturated rings. The van der Waals surface area contributed by atoms with Crippen molar-refractivity contribution in [3.8, 4) is 5.75 Å². The van der Waals surface area contributed by atoms with Crippen LogP contribution in [0.15, 0.2) is 36.4 Å². The Hall–Kier alpha value is -2.18. The van der Waals surface area contributed by atoms with Crippen LogP contribution in [0.4, 0.5) is 10.1 Å². The molecule has 0 aliphatic heterocycles. The first-order chi connectivity index (χ1) is 9.88. The second kappa shape index (κ2) is 6.07. The minimum absolute atomic E-state index is 0.0745. The summed E-state index contributed by atoms with van der Waals surface area (Å²) in [6, 6.07) is 7.67. The fraction of sp³-hybridized carbons (Fsp3) is 0. The lowest BCUT2D eigenvalue weighted by Crippen LogP contribution is -2.18. The van der Waals surface area contributed by atoms with Crippen molar-refractivity contribution in [1.29, 1.82) is 0 Å². The summed E-state index contributed by atoms with van der Waals surface area (Å²) in [6.45, 7) is 0. The SMILES string of the molecule is NC(=S)c1ccc(Cl)cc1NC(=O)c1cc(F)ccc1O. The van der Waals surface area contributed by atoms with Gasteiger partial charge in [-0.2, -0.15) is 0 Å². The summed E-state index contributed by atoms with van der Waals surface area (Å²) in [5, 5.41) is 12.5. The van der Waals surface area contributed by atoms with E-state index in [9.17, 15) is 14.3 Å². The molecule has 2 rings (SSSR count). The molecule has 4 nitrogen and oxygen atoms in total. The lowest BCUT2D eigenvalue weighted by molar-refractivity contribution is 0.102. The summed E-state index contributed by atoms with van der Waals surface area (Å²) < 4.78 is 13.2. The van der Waals surface area contributed by atoms with Crippen molar-refractivity contribution in [3.05, 3.63) is 58.4 Å². The standard InChI is InChI=1S/C14H10ClFN2O2S/c15-7-1-3-9(13(17)21)11(5-7)18-14(20)10-6-8(16)2-4-12(10)19/h1-6,19H,(H2,17,21)(H,18,20). The number of benzene rings is 2. The van der Waals surface area contributed by atoms with E-state index >= 15 is 0 Å². The highest BCUT2D eigenvalue weighted by Crippen LogP contribution is 2.24. The van der Waals surface area contributed by atoms with Crippen LogP contribution in [0, 0.1) is 5.82 Å². The molecule has 0 spiro atoms. The number of aromatic hydroxyl groups is 1. The summed E-state index contributed by atoms with van der Waals surface area (Å²) >= 11 is 10.7. The fourth-order valence-corrected chi connectivity index (χ4v) is 2.06. The average molecular weight is 325 g/mol. The van der Waals surface area contributed by atoms with Crippen LogP contribution in [0.25, 0.3) is 0 Å². The molecule has 0 saturated carbocycles. The zero-order valence-corrected chi connectivity index (χ0v) is 12.1.